The predicted octanol–water partition coefficient (Wildman–Crippen LogP) is 3.89. The number of nitrogens with one attached hydrogen (secondary N) is 2. The minimum atomic E-state index is -0.141. The summed E-state index contributed by atoms with van der Waals surface area (Å²) in [6, 6.07) is 15.0. The smallest absolute Gasteiger partial charge is 0.258 e. The van der Waals surface area contributed by atoms with Crippen LogP contribution in [0.25, 0.3) is 10.9 Å². The van der Waals surface area contributed by atoms with Crippen LogP contribution in [0.2, 0.25) is 0 Å². The van der Waals surface area contributed by atoms with E-state index in [1.165, 1.54) is 0 Å². The number of aromatic nitrogens is 2. The van der Waals surface area contributed by atoms with Crippen LogP contribution in [0.4, 0.5) is 0 Å². The number of halogens is 1. The van der Waals surface area contributed by atoms with Gasteiger partial charge in [-0.15, -0.1) is 0 Å². The Kier molecular flexibility index (Phi) is 5.83. The largest absolute Gasteiger partial charge is 0.350 e. The van der Waals surface area contributed by atoms with E-state index in [9.17, 15) is 9.59 Å². The summed E-state index contributed by atoms with van der Waals surface area (Å²) in [7, 11) is 0. The van der Waals surface area contributed by atoms with Crippen molar-refractivity contribution in [2.45, 2.75) is 32.2 Å². The van der Waals surface area contributed by atoms with Crippen LogP contribution in [0.1, 0.15) is 37.2 Å². The maximum Gasteiger partial charge on any atom is 0.258 e. The van der Waals surface area contributed by atoms with Crippen molar-refractivity contribution in [2.24, 2.45) is 0 Å². The predicted molar refractivity (Wildman–Crippen MR) is 106 cm³/mol. The normalized spacial score (nSPS) is 12.1. The van der Waals surface area contributed by atoms with Gasteiger partial charge in [0.2, 0.25) is 5.91 Å². The number of fused-ring (bicyclic) bond motifs is 1. The Morgan fingerprint density at radius 1 is 1.19 bits per heavy atom. The van der Waals surface area contributed by atoms with Gasteiger partial charge in [0.05, 0.1) is 16.9 Å². The van der Waals surface area contributed by atoms with Crippen LogP contribution < -0.4 is 10.9 Å². The van der Waals surface area contributed by atoms with Crippen molar-refractivity contribution in [2.75, 3.05) is 0 Å². The lowest BCUT2D eigenvalue weighted by Crippen LogP contribution is -2.26. The number of hydrogen-bond donors (Lipinski definition) is 2. The van der Waals surface area contributed by atoms with Gasteiger partial charge in [0.25, 0.3) is 5.56 Å². The van der Waals surface area contributed by atoms with E-state index in [2.05, 4.69) is 31.2 Å². The third-order valence-corrected chi connectivity index (χ3v) is 4.95. The summed E-state index contributed by atoms with van der Waals surface area (Å²) in [5.41, 5.74) is 1.58. The number of hydrogen-bond acceptors (Lipinski definition) is 3. The van der Waals surface area contributed by atoms with E-state index in [1.807, 2.05) is 49.4 Å². The van der Waals surface area contributed by atoms with Gasteiger partial charge in [-0.05, 0) is 37.1 Å². The van der Waals surface area contributed by atoms with E-state index in [0.717, 1.165) is 10.0 Å². The molecule has 1 amide bonds. The molecule has 2 N–H and O–H groups in total. The Hall–Kier alpha value is -2.47. The number of carbonyl (C=O) groups excluding carboxylic acids is 1. The second-order valence-electron chi connectivity index (χ2n) is 6.19. The Labute approximate surface area is 160 Å². The fraction of sp³-hybridized carbons (Fsp3) is 0.250. The van der Waals surface area contributed by atoms with Gasteiger partial charge in [0, 0.05) is 17.3 Å². The molecule has 1 heterocycles. The highest BCUT2D eigenvalue weighted by molar-refractivity contribution is 9.10. The van der Waals surface area contributed by atoms with E-state index in [-0.39, 0.29) is 17.5 Å². The van der Waals surface area contributed by atoms with E-state index < -0.39 is 0 Å². The van der Waals surface area contributed by atoms with Gasteiger partial charge in [-0.25, -0.2) is 4.98 Å². The first-order valence-electron chi connectivity index (χ1n) is 8.56. The van der Waals surface area contributed by atoms with Crippen molar-refractivity contribution in [1.29, 1.82) is 0 Å². The monoisotopic (exact) mass is 413 g/mol. The van der Waals surface area contributed by atoms with Crippen LogP contribution in [-0.2, 0) is 11.2 Å². The first kappa shape index (κ1) is 18.3. The van der Waals surface area contributed by atoms with Gasteiger partial charge in [-0.2, -0.15) is 0 Å². The first-order valence-corrected chi connectivity index (χ1v) is 9.35. The summed E-state index contributed by atoms with van der Waals surface area (Å²) >= 11 is 3.50. The highest BCUT2D eigenvalue weighted by Crippen LogP contribution is 2.22. The number of benzene rings is 2. The summed E-state index contributed by atoms with van der Waals surface area (Å²) in [5.74, 6) is 0.594. The lowest BCUT2D eigenvalue weighted by Gasteiger charge is -2.15. The van der Waals surface area contributed by atoms with Crippen LogP contribution >= 0.6 is 15.9 Å². The van der Waals surface area contributed by atoms with Crippen LogP contribution in [-0.4, -0.2) is 15.9 Å². The van der Waals surface area contributed by atoms with Gasteiger partial charge < -0.3 is 10.3 Å². The lowest BCUT2D eigenvalue weighted by atomic mass is 10.1. The minimum Gasteiger partial charge on any atom is -0.350 e. The van der Waals surface area contributed by atoms with E-state index in [0.29, 0.717) is 36.0 Å². The Morgan fingerprint density at radius 3 is 2.73 bits per heavy atom. The van der Waals surface area contributed by atoms with Gasteiger partial charge in [0.1, 0.15) is 5.82 Å². The van der Waals surface area contributed by atoms with E-state index >= 15 is 0 Å². The quantitative estimate of drug-likeness (QED) is 0.643. The number of para-hydroxylation sites is 1. The van der Waals surface area contributed by atoms with Crippen LogP contribution in [0, 0.1) is 0 Å². The molecule has 0 spiro atoms. The molecule has 0 fully saturated rings. The molecule has 26 heavy (non-hydrogen) atoms. The number of amides is 1. The molecule has 3 rings (SSSR count). The molecule has 134 valence electrons. The molecular weight excluding hydrogens is 394 g/mol. The molecule has 1 atom stereocenters. The number of aryl methyl sites for hydroxylation is 1. The molecule has 0 aliphatic heterocycles. The van der Waals surface area contributed by atoms with Gasteiger partial charge in [-0.3, -0.25) is 9.59 Å². The molecule has 0 saturated carbocycles. The molecule has 1 aromatic heterocycles. The molecule has 5 nitrogen and oxygen atoms in total. The average molecular weight is 414 g/mol. The van der Waals surface area contributed by atoms with Crippen molar-refractivity contribution in [3.05, 3.63) is 74.7 Å². The van der Waals surface area contributed by atoms with Crippen LogP contribution in [0.15, 0.2) is 57.8 Å². The SMILES string of the molecule is C[C@@H](NC(=O)CCCc1nc2ccccc2c(=O)[nH]1)c1ccccc1Br. The second-order valence-corrected chi connectivity index (χ2v) is 7.05. The van der Waals surface area contributed by atoms with E-state index in [1.54, 1.807) is 6.07 Å². The maximum absolute atomic E-state index is 12.2. The Balaban J connectivity index is 1.56. The zero-order valence-corrected chi connectivity index (χ0v) is 16.0. The first-order chi connectivity index (χ1) is 12.5. The number of carbonyl (C=O) groups is 1. The lowest BCUT2D eigenvalue weighted by molar-refractivity contribution is -0.121. The topological polar surface area (TPSA) is 74.8 Å². The molecule has 2 aromatic carbocycles. The van der Waals surface area contributed by atoms with E-state index in [4.69, 9.17) is 0 Å². The zero-order valence-electron chi connectivity index (χ0n) is 14.5. The molecule has 0 saturated heterocycles. The van der Waals surface area contributed by atoms with Gasteiger partial charge in [-0.1, -0.05) is 46.3 Å². The summed E-state index contributed by atoms with van der Waals surface area (Å²) < 4.78 is 0.978. The van der Waals surface area contributed by atoms with Crippen molar-refractivity contribution in [3.63, 3.8) is 0 Å². The standard InChI is InChI=1S/C20H20BrN3O2/c1-13(14-7-2-4-9-16(14)21)22-19(25)12-6-11-18-23-17-10-5-3-8-15(17)20(26)24-18/h2-5,7-10,13H,6,11-12H2,1H3,(H,22,25)(H,23,24,26)/t13-/m1/s1. The molecule has 0 bridgehead atoms. The number of rotatable bonds is 6. The molecule has 0 aliphatic carbocycles. The summed E-state index contributed by atoms with van der Waals surface area (Å²) in [6.07, 6.45) is 1.55. The highest BCUT2D eigenvalue weighted by Gasteiger charge is 2.12. The minimum absolute atomic E-state index is 0.0172. The zero-order chi connectivity index (χ0) is 18.5. The maximum atomic E-state index is 12.2. The van der Waals surface area contributed by atoms with Gasteiger partial charge in [0.15, 0.2) is 0 Å². The summed E-state index contributed by atoms with van der Waals surface area (Å²) in [6.45, 7) is 1.96. The average Bonchev–Trinajstić information content (AvgIpc) is 2.62. The third-order valence-electron chi connectivity index (χ3n) is 4.23. The molecule has 0 radical (unpaired) electrons. The molecule has 0 unspecified atom stereocenters. The third kappa shape index (κ3) is 4.38. The van der Waals surface area contributed by atoms with Crippen molar-refractivity contribution in [1.82, 2.24) is 15.3 Å². The molecule has 6 heteroatoms. The number of aromatic amines is 1. The van der Waals surface area contributed by atoms with Crippen LogP contribution in [0.5, 0.6) is 0 Å². The fourth-order valence-corrected chi connectivity index (χ4v) is 3.52. The van der Waals surface area contributed by atoms with Crippen LogP contribution in [0.3, 0.4) is 0 Å². The van der Waals surface area contributed by atoms with Gasteiger partial charge >= 0.3 is 0 Å². The summed E-state index contributed by atoms with van der Waals surface area (Å²) in [4.78, 5) is 31.5. The second kappa shape index (κ2) is 8.27. The van der Waals surface area contributed by atoms with Crippen molar-refractivity contribution >= 4 is 32.7 Å². The Bertz CT molecular complexity index is 984. The highest BCUT2D eigenvalue weighted by atomic mass is 79.9. The number of H-pyrrole nitrogens is 1. The summed E-state index contributed by atoms with van der Waals surface area (Å²) in [5, 5.41) is 3.58. The van der Waals surface area contributed by atoms with Crippen molar-refractivity contribution in [3.8, 4) is 0 Å². The van der Waals surface area contributed by atoms with Crippen molar-refractivity contribution < 1.29 is 4.79 Å². The molecule has 3 aromatic rings. The fourth-order valence-electron chi connectivity index (χ4n) is 2.89. The Morgan fingerprint density at radius 2 is 1.92 bits per heavy atom. The molecule has 0 aliphatic rings. The number of nitrogens with zero attached hydrogens (tertiary/aromatic N) is 1. The molecular formula is C20H20BrN3O2.